The van der Waals surface area contributed by atoms with Gasteiger partial charge in [0.05, 0.1) is 25.2 Å². The molecule has 6 heteroatoms. The molecule has 0 aliphatic rings. The lowest BCUT2D eigenvalue weighted by molar-refractivity contribution is -0.151. The highest BCUT2D eigenvalue weighted by Gasteiger charge is 2.24. The maximum atomic E-state index is 13.3. The van der Waals surface area contributed by atoms with Crippen molar-refractivity contribution in [2.24, 2.45) is 0 Å². The lowest BCUT2D eigenvalue weighted by atomic mass is 10.0. The fourth-order valence-corrected chi connectivity index (χ4v) is 9.49. The van der Waals surface area contributed by atoms with Crippen LogP contribution in [0.1, 0.15) is 335 Å². The Bertz CT molecular complexity index is 928. The zero-order valence-corrected chi connectivity index (χ0v) is 43.7. The van der Waals surface area contributed by atoms with Crippen LogP contribution in [0.4, 0.5) is 0 Å². The van der Waals surface area contributed by atoms with Crippen LogP contribution in [0, 0.1) is 0 Å². The molecule has 0 aromatic rings. The minimum Gasteiger partial charge on any atom is -0.462 e. The monoisotopic (exact) mass is 906 g/mol. The molecule has 0 aromatic carbocycles. The predicted molar refractivity (Wildman–Crippen MR) is 278 cm³/mol. The van der Waals surface area contributed by atoms with Gasteiger partial charge in [-0.2, -0.15) is 0 Å². The molecule has 382 valence electrons. The number of carbonyl (C=O) groups excluding carboxylic acids is 2. The van der Waals surface area contributed by atoms with E-state index in [-0.39, 0.29) is 24.9 Å². The molecule has 0 saturated carbocycles. The van der Waals surface area contributed by atoms with Crippen molar-refractivity contribution >= 4 is 11.9 Å². The Hall–Kier alpha value is -1.14. The summed E-state index contributed by atoms with van der Waals surface area (Å²) < 4.78 is 5.97. The summed E-state index contributed by atoms with van der Waals surface area (Å²) in [5.74, 6) is -0.444. The highest BCUT2D eigenvalue weighted by Crippen LogP contribution is 2.19. The molecule has 3 unspecified atom stereocenters. The number of unbranched alkanes of at least 4 members (excludes halogenated alkanes) is 42. The molecule has 64 heavy (non-hydrogen) atoms. The number of hydrogen-bond donors (Lipinski definition) is 3. The van der Waals surface area contributed by atoms with Crippen molar-refractivity contribution in [2.45, 2.75) is 354 Å². The summed E-state index contributed by atoms with van der Waals surface area (Å²) in [4.78, 5) is 26.3. The first-order valence-corrected chi connectivity index (χ1v) is 29.3. The molecule has 0 spiro atoms. The Kier molecular flexibility index (Phi) is 51.9. The minimum atomic E-state index is -0.780. The molecule has 0 aliphatic carbocycles. The number of esters is 1. The van der Waals surface area contributed by atoms with Crippen LogP contribution in [-0.2, 0) is 14.3 Å². The molecule has 0 aromatic heterocycles. The number of aliphatic hydroxyl groups excluding tert-OH is 2. The van der Waals surface area contributed by atoms with Crippen LogP contribution in [0.2, 0.25) is 0 Å². The number of nitrogens with one attached hydrogen (secondary N) is 1. The summed E-state index contributed by atoms with van der Waals surface area (Å²) in [6.45, 7) is 6.54. The zero-order valence-electron chi connectivity index (χ0n) is 43.7. The Labute approximate surface area is 400 Å². The van der Waals surface area contributed by atoms with Gasteiger partial charge >= 0.3 is 5.97 Å². The largest absolute Gasteiger partial charge is 0.462 e. The van der Waals surface area contributed by atoms with E-state index in [0.29, 0.717) is 19.3 Å². The quantitative estimate of drug-likeness (QED) is 0.0417. The number of carbonyl (C=O) groups is 2. The van der Waals surface area contributed by atoms with E-state index in [1.165, 1.54) is 250 Å². The van der Waals surface area contributed by atoms with E-state index >= 15 is 0 Å². The summed E-state index contributed by atoms with van der Waals surface area (Å²) in [5, 5.41) is 23.9. The predicted octanol–water partition coefficient (Wildman–Crippen LogP) is 17.9. The van der Waals surface area contributed by atoms with Crippen molar-refractivity contribution in [2.75, 3.05) is 6.61 Å². The molecule has 0 heterocycles. The molecule has 0 bridgehead atoms. The third-order valence-electron chi connectivity index (χ3n) is 13.9. The van der Waals surface area contributed by atoms with Gasteiger partial charge in [-0.15, -0.1) is 0 Å². The summed E-state index contributed by atoms with van der Waals surface area (Å²) in [5.41, 5.74) is 0. The van der Waals surface area contributed by atoms with Gasteiger partial charge in [0.2, 0.25) is 5.91 Å². The first-order chi connectivity index (χ1) is 31.5. The normalized spacial score (nSPS) is 13.0. The van der Waals surface area contributed by atoms with Gasteiger partial charge in [0.15, 0.2) is 0 Å². The number of amides is 1. The average Bonchev–Trinajstić information content (AvgIpc) is 3.29. The van der Waals surface area contributed by atoms with Crippen molar-refractivity contribution in [3.63, 3.8) is 0 Å². The van der Waals surface area contributed by atoms with Crippen LogP contribution in [-0.4, -0.2) is 46.9 Å². The Balaban J connectivity index is 4.48. The standard InChI is InChI=1S/C58H115NO5/c1-4-7-10-13-16-19-22-25-27-28-30-33-36-39-42-45-48-51-58(63)64-54(49-46-43-40-37-34-32-29-26-23-20-17-14-11-8-5-2)52-57(62)59-55(53-60)56(61)50-47-44-41-38-35-31-24-21-18-15-12-9-6-3/h54-56,60-61H,4-53H2,1-3H3,(H,59,62). The molecule has 3 atom stereocenters. The van der Waals surface area contributed by atoms with Gasteiger partial charge in [0.25, 0.3) is 0 Å². The highest BCUT2D eigenvalue weighted by molar-refractivity contribution is 5.77. The lowest BCUT2D eigenvalue weighted by Crippen LogP contribution is -2.46. The van der Waals surface area contributed by atoms with E-state index < -0.39 is 18.2 Å². The van der Waals surface area contributed by atoms with Crippen LogP contribution < -0.4 is 5.32 Å². The molecule has 0 fully saturated rings. The van der Waals surface area contributed by atoms with Gasteiger partial charge in [-0.25, -0.2) is 0 Å². The van der Waals surface area contributed by atoms with E-state index in [1.54, 1.807) is 0 Å². The molecular weight excluding hydrogens is 791 g/mol. The van der Waals surface area contributed by atoms with Gasteiger partial charge in [0, 0.05) is 6.42 Å². The average molecular weight is 907 g/mol. The molecule has 3 N–H and O–H groups in total. The van der Waals surface area contributed by atoms with Crippen LogP contribution in [0.5, 0.6) is 0 Å². The maximum Gasteiger partial charge on any atom is 0.306 e. The molecule has 0 rings (SSSR count). The second-order valence-electron chi connectivity index (χ2n) is 20.4. The molecule has 0 aliphatic heterocycles. The Morgan fingerprint density at radius 3 is 0.953 bits per heavy atom. The fraction of sp³-hybridized carbons (Fsp3) is 0.966. The third-order valence-corrected chi connectivity index (χ3v) is 13.9. The number of aliphatic hydroxyl groups is 2. The van der Waals surface area contributed by atoms with E-state index in [2.05, 4.69) is 26.1 Å². The third kappa shape index (κ3) is 47.4. The van der Waals surface area contributed by atoms with Gasteiger partial charge < -0.3 is 20.3 Å². The number of ether oxygens (including phenoxy) is 1. The van der Waals surface area contributed by atoms with Gasteiger partial charge in [0.1, 0.15) is 6.10 Å². The van der Waals surface area contributed by atoms with Gasteiger partial charge in [-0.1, -0.05) is 297 Å². The second kappa shape index (κ2) is 52.8. The number of hydrogen-bond acceptors (Lipinski definition) is 5. The Morgan fingerprint density at radius 1 is 0.391 bits per heavy atom. The van der Waals surface area contributed by atoms with Crippen molar-refractivity contribution in [3.8, 4) is 0 Å². The summed E-state index contributed by atoms with van der Waals surface area (Å²) >= 11 is 0. The van der Waals surface area contributed by atoms with Gasteiger partial charge in [-0.05, 0) is 25.7 Å². The topological polar surface area (TPSA) is 95.9 Å². The maximum absolute atomic E-state index is 13.3. The second-order valence-corrected chi connectivity index (χ2v) is 20.4. The van der Waals surface area contributed by atoms with Crippen molar-refractivity contribution in [3.05, 3.63) is 0 Å². The summed E-state index contributed by atoms with van der Waals surface area (Å²) in [6.07, 6.45) is 58.8. The molecule has 0 saturated heterocycles. The lowest BCUT2D eigenvalue weighted by Gasteiger charge is -2.24. The van der Waals surface area contributed by atoms with Crippen LogP contribution in [0.25, 0.3) is 0 Å². The van der Waals surface area contributed by atoms with Crippen LogP contribution in [0.3, 0.4) is 0 Å². The van der Waals surface area contributed by atoms with E-state index in [9.17, 15) is 19.8 Å². The van der Waals surface area contributed by atoms with Gasteiger partial charge in [-0.3, -0.25) is 9.59 Å². The minimum absolute atomic E-state index is 0.0886. The zero-order chi connectivity index (χ0) is 46.7. The molecular formula is C58H115NO5. The smallest absolute Gasteiger partial charge is 0.306 e. The molecule has 1 amide bonds. The van der Waals surface area contributed by atoms with E-state index in [0.717, 1.165) is 38.5 Å². The van der Waals surface area contributed by atoms with Crippen LogP contribution in [0.15, 0.2) is 0 Å². The Morgan fingerprint density at radius 2 is 0.656 bits per heavy atom. The fourth-order valence-electron chi connectivity index (χ4n) is 9.49. The first kappa shape index (κ1) is 62.9. The van der Waals surface area contributed by atoms with E-state index in [1.807, 2.05) is 0 Å². The van der Waals surface area contributed by atoms with Crippen molar-refractivity contribution in [1.29, 1.82) is 0 Å². The highest BCUT2D eigenvalue weighted by atomic mass is 16.5. The SMILES string of the molecule is CCCCCCCCCCCCCCCCCCCC(=O)OC(CCCCCCCCCCCCCCCCC)CC(=O)NC(CO)C(O)CCCCCCCCCCCCCCC. The first-order valence-electron chi connectivity index (χ1n) is 29.3. The summed E-state index contributed by atoms with van der Waals surface area (Å²) in [6, 6.07) is -0.693. The van der Waals surface area contributed by atoms with Crippen molar-refractivity contribution in [1.82, 2.24) is 5.32 Å². The van der Waals surface area contributed by atoms with Crippen molar-refractivity contribution < 1.29 is 24.5 Å². The van der Waals surface area contributed by atoms with Crippen LogP contribution >= 0.6 is 0 Å². The number of rotatable bonds is 54. The van der Waals surface area contributed by atoms with E-state index in [4.69, 9.17) is 4.74 Å². The summed E-state index contributed by atoms with van der Waals surface area (Å²) in [7, 11) is 0. The molecule has 0 radical (unpaired) electrons. The molecule has 6 nitrogen and oxygen atoms in total.